The molecule has 1 aromatic carbocycles. The summed E-state index contributed by atoms with van der Waals surface area (Å²) in [6.45, 7) is 1.10. The summed E-state index contributed by atoms with van der Waals surface area (Å²) in [7, 11) is 0. The van der Waals surface area contributed by atoms with E-state index in [0.29, 0.717) is 5.88 Å². The van der Waals surface area contributed by atoms with Crippen LogP contribution in [0.1, 0.15) is 25.1 Å². The van der Waals surface area contributed by atoms with Gasteiger partial charge in [0.25, 0.3) is 0 Å². The average Bonchev–Trinajstić information content (AvgIpc) is 2.61. The summed E-state index contributed by atoms with van der Waals surface area (Å²) in [5, 5.41) is 0. The van der Waals surface area contributed by atoms with Crippen molar-refractivity contribution >= 4 is 38.6 Å². The number of benzene rings is 1. The number of imidazole rings is 1. The highest BCUT2D eigenvalue weighted by Crippen LogP contribution is 2.30. The van der Waals surface area contributed by atoms with Gasteiger partial charge in [0.15, 0.2) is 0 Å². The first-order chi connectivity index (χ1) is 8.78. The van der Waals surface area contributed by atoms with Crippen LogP contribution in [0.2, 0.25) is 0 Å². The van der Waals surface area contributed by atoms with Crippen LogP contribution in [-0.4, -0.2) is 15.4 Å². The molecule has 1 aromatic heterocycles. The number of nitrogens with zero attached hydrogens (tertiary/aromatic N) is 2. The largest absolute Gasteiger partial charge is 0.328 e. The molecule has 0 saturated heterocycles. The Morgan fingerprint density at radius 1 is 1.39 bits per heavy atom. The fourth-order valence-electron chi connectivity index (χ4n) is 2.57. The van der Waals surface area contributed by atoms with Gasteiger partial charge in [0.05, 0.1) is 11.0 Å². The summed E-state index contributed by atoms with van der Waals surface area (Å²) in [5.41, 5.74) is 2.31. The second-order valence-electron chi connectivity index (χ2n) is 5.01. The number of fused-ring (bicyclic) bond motifs is 1. The first-order valence-corrected chi connectivity index (χ1v) is 7.81. The molecule has 1 saturated carbocycles. The molecule has 0 unspecified atom stereocenters. The van der Waals surface area contributed by atoms with Gasteiger partial charge in [-0.25, -0.2) is 4.98 Å². The molecule has 1 heterocycles. The van der Waals surface area contributed by atoms with Gasteiger partial charge in [0.2, 0.25) is 0 Å². The Kier molecular flexibility index (Phi) is 3.62. The summed E-state index contributed by atoms with van der Waals surface area (Å²) in [5.74, 6) is 2.60. The Hall–Kier alpha value is -0.540. The molecule has 2 aromatic rings. The molecular formula is C14H16BrClN2. The fourth-order valence-corrected chi connectivity index (χ4v) is 3.08. The quantitative estimate of drug-likeness (QED) is 0.762. The van der Waals surface area contributed by atoms with Gasteiger partial charge < -0.3 is 4.57 Å². The maximum atomic E-state index is 5.89. The topological polar surface area (TPSA) is 17.8 Å². The number of alkyl halides is 1. The van der Waals surface area contributed by atoms with E-state index in [0.717, 1.165) is 34.7 Å². The maximum absolute atomic E-state index is 5.89. The molecule has 0 aliphatic heterocycles. The number of hydrogen-bond donors (Lipinski definition) is 0. The van der Waals surface area contributed by atoms with Crippen molar-refractivity contribution in [2.24, 2.45) is 5.92 Å². The standard InChI is InChI=1S/C14H16BrClN2/c15-11-4-5-13-12(8-11)17-14(6-7-16)18(13)9-10-2-1-3-10/h4-5,8,10H,1-3,6-7,9H2. The summed E-state index contributed by atoms with van der Waals surface area (Å²) in [6.07, 6.45) is 4.95. The van der Waals surface area contributed by atoms with Crippen LogP contribution in [0.25, 0.3) is 11.0 Å². The molecule has 1 fully saturated rings. The van der Waals surface area contributed by atoms with Crippen molar-refractivity contribution in [1.82, 2.24) is 9.55 Å². The van der Waals surface area contributed by atoms with Crippen LogP contribution in [0.4, 0.5) is 0 Å². The van der Waals surface area contributed by atoms with E-state index in [9.17, 15) is 0 Å². The van der Waals surface area contributed by atoms with Crippen molar-refractivity contribution in [3.05, 3.63) is 28.5 Å². The Balaban J connectivity index is 2.02. The van der Waals surface area contributed by atoms with Crippen LogP contribution in [0.5, 0.6) is 0 Å². The third-order valence-corrected chi connectivity index (χ3v) is 4.46. The molecule has 3 rings (SSSR count). The normalized spacial score (nSPS) is 16.1. The molecular weight excluding hydrogens is 312 g/mol. The molecule has 0 N–H and O–H groups in total. The van der Waals surface area contributed by atoms with Gasteiger partial charge in [-0.15, -0.1) is 11.6 Å². The highest BCUT2D eigenvalue weighted by atomic mass is 79.9. The molecule has 1 aliphatic carbocycles. The summed E-state index contributed by atoms with van der Waals surface area (Å²) < 4.78 is 3.45. The zero-order chi connectivity index (χ0) is 12.5. The second-order valence-corrected chi connectivity index (χ2v) is 6.30. The molecule has 0 bridgehead atoms. The Bertz CT molecular complexity index is 560. The summed E-state index contributed by atoms with van der Waals surface area (Å²) in [6, 6.07) is 6.33. The van der Waals surface area contributed by atoms with Crippen molar-refractivity contribution in [3.63, 3.8) is 0 Å². The summed E-state index contributed by atoms with van der Waals surface area (Å²) >= 11 is 9.39. The molecule has 0 radical (unpaired) electrons. The van der Waals surface area contributed by atoms with Gasteiger partial charge in [0, 0.05) is 23.3 Å². The van der Waals surface area contributed by atoms with Gasteiger partial charge in [-0.2, -0.15) is 0 Å². The first-order valence-electron chi connectivity index (χ1n) is 6.48. The van der Waals surface area contributed by atoms with Crippen LogP contribution >= 0.6 is 27.5 Å². The molecule has 96 valence electrons. The van der Waals surface area contributed by atoms with Crippen molar-refractivity contribution in [2.75, 3.05) is 5.88 Å². The molecule has 0 spiro atoms. The van der Waals surface area contributed by atoms with Crippen molar-refractivity contribution in [2.45, 2.75) is 32.2 Å². The lowest BCUT2D eigenvalue weighted by atomic mass is 9.85. The lowest BCUT2D eigenvalue weighted by molar-refractivity contribution is 0.277. The SMILES string of the molecule is ClCCc1nc2cc(Br)ccc2n1CC1CCC1. The lowest BCUT2D eigenvalue weighted by Gasteiger charge is -2.26. The number of aryl methyl sites for hydroxylation is 1. The minimum atomic E-state index is 0.634. The average molecular weight is 328 g/mol. The number of rotatable bonds is 4. The van der Waals surface area contributed by atoms with E-state index in [-0.39, 0.29) is 0 Å². The smallest absolute Gasteiger partial charge is 0.111 e. The molecule has 18 heavy (non-hydrogen) atoms. The van der Waals surface area contributed by atoms with Gasteiger partial charge >= 0.3 is 0 Å². The molecule has 0 amide bonds. The van der Waals surface area contributed by atoms with E-state index < -0.39 is 0 Å². The van der Waals surface area contributed by atoms with Crippen molar-refractivity contribution in [3.8, 4) is 0 Å². The van der Waals surface area contributed by atoms with E-state index in [2.05, 4.69) is 38.7 Å². The van der Waals surface area contributed by atoms with E-state index in [1.165, 1.54) is 24.8 Å². The molecule has 4 heteroatoms. The first kappa shape index (κ1) is 12.5. The van der Waals surface area contributed by atoms with Gasteiger partial charge in [-0.1, -0.05) is 22.4 Å². The minimum Gasteiger partial charge on any atom is -0.328 e. The maximum Gasteiger partial charge on any atom is 0.111 e. The highest BCUT2D eigenvalue weighted by Gasteiger charge is 2.20. The van der Waals surface area contributed by atoms with Crippen molar-refractivity contribution in [1.29, 1.82) is 0 Å². The highest BCUT2D eigenvalue weighted by molar-refractivity contribution is 9.10. The van der Waals surface area contributed by atoms with Gasteiger partial charge in [0.1, 0.15) is 5.82 Å². The van der Waals surface area contributed by atoms with Crippen LogP contribution in [0.3, 0.4) is 0 Å². The Labute approximate surface area is 120 Å². The zero-order valence-electron chi connectivity index (χ0n) is 10.2. The molecule has 0 atom stereocenters. The van der Waals surface area contributed by atoms with Crippen LogP contribution in [0, 0.1) is 5.92 Å². The monoisotopic (exact) mass is 326 g/mol. The summed E-state index contributed by atoms with van der Waals surface area (Å²) in [4.78, 5) is 4.72. The van der Waals surface area contributed by atoms with Gasteiger partial charge in [-0.05, 0) is 37.0 Å². The van der Waals surface area contributed by atoms with Crippen molar-refractivity contribution < 1.29 is 0 Å². The van der Waals surface area contributed by atoms with E-state index in [1.807, 2.05) is 0 Å². The number of hydrogen-bond acceptors (Lipinski definition) is 1. The zero-order valence-corrected chi connectivity index (χ0v) is 12.5. The van der Waals surface area contributed by atoms with E-state index in [4.69, 9.17) is 16.6 Å². The van der Waals surface area contributed by atoms with E-state index >= 15 is 0 Å². The molecule has 2 nitrogen and oxygen atoms in total. The van der Waals surface area contributed by atoms with Crippen LogP contribution in [0.15, 0.2) is 22.7 Å². The van der Waals surface area contributed by atoms with Gasteiger partial charge in [-0.3, -0.25) is 0 Å². The van der Waals surface area contributed by atoms with Crippen LogP contribution in [-0.2, 0) is 13.0 Å². The predicted octanol–water partition coefficient (Wildman–Crippen LogP) is 4.38. The lowest BCUT2D eigenvalue weighted by Crippen LogP contribution is -2.19. The fraction of sp³-hybridized carbons (Fsp3) is 0.500. The van der Waals surface area contributed by atoms with Crippen LogP contribution < -0.4 is 0 Å². The Morgan fingerprint density at radius 2 is 2.22 bits per heavy atom. The Morgan fingerprint density at radius 3 is 2.89 bits per heavy atom. The number of aromatic nitrogens is 2. The predicted molar refractivity (Wildman–Crippen MR) is 79.2 cm³/mol. The third kappa shape index (κ3) is 2.30. The third-order valence-electron chi connectivity index (χ3n) is 3.77. The molecule has 1 aliphatic rings. The second kappa shape index (κ2) is 5.22. The number of halogens is 2. The minimum absolute atomic E-state index is 0.634. The van der Waals surface area contributed by atoms with E-state index in [1.54, 1.807) is 0 Å².